The van der Waals surface area contributed by atoms with E-state index in [0.717, 1.165) is 38.3 Å². The van der Waals surface area contributed by atoms with Crippen molar-refractivity contribution in [3.63, 3.8) is 0 Å². The first-order valence-corrected chi connectivity index (χ1v) is 16.8. The van der Waals surface area contributed by atoms with Crippen LogP contribution >= 0.6 is 11.3 Å². The number of hydrogen-bond donors (Lipinski definition) is 0. The maximum atomic E-state index is 10.8. The highest BCUT2D eigenvalue weighted by Crippen LogP contribution is 2.44. The number of nitrogens with zero attached hydrogens (tertiary/aromatic N) is 6. The lowest BCUT2D eigenvalue weighted by atomic mass is 9.96. The molecule has 0 aliphatic heterocycles. The van der Waals surface area contributed by atoms with E-state index < -0.39 is 0 Å². The Balaban J connectivity index is 1.35. The van der Waals surface area contributed by atoms with Crippen LogP contribution in [-0.2, 0) is 0 Å². The second-order valence-electron chi connectivity index (χ2n) is 11.9. The predicted octanol–water partition coefficient (Wildman–Crippen LogP) is 10.6. The number of benzene rings is 6. The lowest BCUT2D eigenvalue weighted by Crippen LogP contribution is -2.04. The van der Waals surface area contributed by atoms with E-state index in [1.807, 2.05) is 83.4 Å². The summed E-state index contributed by atoms with van der Waals surface area (Å²) in [6, 6.07) is 50.4. The van der Waals surface area contributed by atoms with Gasteiger partial charge in [-0.1, -0.05) is 97.1 Å². The van der Waals surface area contributed by atoms with Gasteiger partial charge in [-0.2, -0.15) is 15.8 Å². The van der Waals surface area contributed by atoms with Crippen LogP contribution in [0.4, 0.5) is 0 Å². The van der Waals surface area contributed by atoms with Gasteiger partial charge in [0.05, 0.1) is 39.2 Å². The highest BCUT2D eigenvalue weighted by molar-refractivity contribution is 7.26. The third kappa shape index (κ3) is 4.38. The second kappa shape index (κ2) is 11.5. The molecule has 3 heterocycles. The fraction of sp³-hybridized carbons (Fsp3) is 0. The third-order valence-corrected chi connectivity index (χ3v) is 10.3. The summed E-state index contributed by atoms with van der Waals surface area (Å²) in [7, 11) is 0. The minimum absolute atomic E-state index is 0.264. The minimum atomic E-state index is 0.264. The maximum absolute atomic E-state index is 10.8. The lowest BCUT2D eigenvalue weighted by molar-refractivity contribution is 1.15. The van der Waals surface area contributed by atoms with Crippen LogP contribution in [-0.4, -0.2) is 14.5 Å². The maximum Gasteiger partial charge on any atom is 0.160 e. The fourth-order valence-electron chi connectivity index (χ4n) is 6.99. The van der Waals surface area contributed by atoms with E-state index in [0.29, 0.717) is 39.6 Å². The first-order valence-electron chi connectivity index (χ1n) is 15.9. The Morgan fingerprint density at radius 2 is 1.10 bits per heavy atom. The molecule has 0 fully saturated rings. The zero-order chi connectivity index (χ0) is 33.8. The van der Waals surface area contributed by atoms with Gasteiger partial charge in [0.25, 0.3) is 0 Å². The van der Waals surface area contributed by atoms with Gasteiger partial charge in [-0.25, -0.2) is 9.97 Å². The Morgan fingerprint density at radius 1 is 0.500 bits per heavy atom. The zero-order valence-corrected chi connectivity index (χ0v) is 27.1. The summed E-state index contributed by atoms with van der Waals surface area (Å²) in [4.78, 5) is 9.77. The van der Waals surface area contributed by atoms with Gasteiger partial charge in [-0.3, -0.25) is 0 Å². The number of rotatable bonds is 4. The molecule has 0 spiro atoms. The molecule has 50 heavy (non-hydrogen) atoms. The van der Waals surface area contributed by atoms with E-state index in [9.17, 15) is 15.8 Å². The minimum Gasteiger partial charge on any atom is -0.307 e. The van der Waals surface area contributed by atoms with Gasteiger partial charge in [0.15, 0.2) is 5.82 Å². The molecule has 0 saturated carbocycles. The number of thiophene rings is 1. The lowest BCUT2D eigenvalue weighted by Gasteiger charge is -2.16. The normalized spacial score (nSPS) is 11.1. The van der Waals surface area contributed by atoms with Gasteiger partial charge in [-0.15, -0.1) is 11.3 Å². The monoisotopic (exact) mass is 654 g/mol. The highest BCUT2D eigenvalue weighted by Gasteiger charge is 2.24. The number of nitriles is 3. The SMILES string of the molecule is N#Cc1cc(-c2nc(-c3ccccc3)nc(-c3ccccc3)c2C#N)cc(C#N)c1-n1c2ccccc2c2c3c(ccc21)sc1ccccc13. The summed E-state index contributed by atoms with van der Waals surface area (Å²) in [6.45, 7) is 0. The van der Waals surface area contributed by atoms with Crippen molar-refractivity contribution >= 4 is 53.3 Å². The summed E-state index contributed by atoms with van der Waals surface area (Å²) in [6.07, 6.45) is 0. The van der Waals surface area contributed by atoms with Gasteiger partial charge in [-0.05, 0) is 36.4 Å². The fourth-order valence-corrected chi connectivity index (χ4v) is 8.11. The van der Waals surface area contributed by atoms with Crippen LogP contribution in [0.15, 0.2) is 133 Å². The molecule has 0 radical (unpaired) electrons. The van der Waals surface area contributed by atoms with Crippen molar-refractivity contribution in [2.45, 2.75) is 0 Å². The van der Waals surface area contributed by atoms with Gasteiger partial charge in [0, 0.05) is 47.6 Å². The molecule has 9 rings (SSSR count). The molecule has 0 atom stereocenters. The largest absolute Gasteiger partial charge is 0.307 e. The van der Waals surface area contributed by atoms with Crippen LogP contribution in [0.25, 0.3) is 81.6 Å². The average Bonchev–Trinajstić information content (AvgIpc) is 3.73. The Morgan fingerprint density at radius 3 is 1.78 bits per heavy atom. The molecule has 0 aliphatic carbocycles. The molecule has 0 aliphatic rings. The standard InChI is InChI=1S/C43H22N6S/c44-23-29-21-28(41-33(25-46)40(26-11-3-1-4-12-26)47-43(48-41)27-13-5-2-6-14-27)22-30(24-45)42(29)49-34-17-9-7-15-31(34)38-35(49)19-20-37-39(38)32-16-8-10-18-36(32)50-37/h1-22H. The van der Waals surface area contributed by atoms with Crippen LogP contribution < -0.4 is 0 Å². The number of para-hydroxylation sites is 1. The molecule has 7 heteroatoms. The Bertz CT molecular complexity index is 2920. The quantitative estimate of drug-likeness (QED) is 0.188. The second-order valence-corrected chi connectivity index (χ2v) is 13.0. The van der Waals surface area contributed by atoms with E-state index in [2.05, 4.69) is 60.7 Å². The molecule has 0 saturated heterocycles. The molecular weight excluding hydrogens is 633 g/mol. The van der Waals surface area contributed by atoms with Crippen LogP contribution in [0, 0.1) is 34.0 Å². The number of hydrogen-bond acceptors (Lipinski definition) is 6. The van der Waals surface area contributed by atoms with E-state index in [-0.39, 0.29) is 5.56 Å². The summed E-state index contributed by atoms with van der Waals surface area (Å²) < 4.78 is 4.41. The molecule has 6 aromatic carbocycles. The molecule has 230 valence electrons. The van der Waals surface area contributed by atoms with E-state index >= 15 is 0 Å². The molecule has 0 unspecified atom stereocenters. The van der Waals surface area contributed by atoms with E-state index in [4.69, 9.17) is 9.97 Å². The van der Waals surface area contributed by atoms with Crippen molar-refractivity contribution in [1.29, 1.82) is 15.8 Å². The summed E-state index contributed by atoms with van der Waals surface area (Å²) in [5.41, 5.74) is 6.00. The summed E-state index contributed by atoms with van der Waals surface area (Å²) in [5.74, 6) is 0.439. The van der Waals surface area contributed by atoms with Crippen molar-refractivity contribution in [2.24, 2.45) is 0 Å². The molecule has 6 nitrogen and oxygen atoms in total. The predicted molar refractivity (Wildman–Crippen MR) is 200 cm³/mol. The first kappa shape index (κ1) is 29.1. The van der Waals surface area contributed by atoms with Gasteiger partial charge >= 0.3 is 0 Å². The molecule has 9 aromatic rings. The van der Waals surface area contributed by atoms with Gasteiger partial charge < -0.3 is 4.57 Å². The summed E-state index contributed by atoms with van der Waals surface area (Å²) >= 11 is 1.76. The number of fused-ring (bicyclic) bond motifs is 7. The van der Waals surface area contributed by atoms with Crippen LogP contribution in [0.3, 0.4) is 0 Å². The van der Waals surface area contributed by atoms with Crippen LogP contribution in [0.5, 0.6) is 0 Å². The topological polar surface area (TPSA) is 102 Å². The molecule has 0 bridgehead atoms. The van der Waals surface area contributed by atoms with Crippen LogP contribution in [0.2, 0.25) is 0 Å². The van der Waals surface area contributed by atoms with Crippen LogP contribution in [0.1, 0.15) is 16.7 Å². The van der Waals surface area contributed by atoms with E-state index in [1.165, 1.54) is 14.8 Å². The van der Waals surface area contributed by atoms with E-state index in [1.54, 1.807) is 23.5 Å². The van der Waals surface area contributed by atoms with Crippen molar-refractivity contribution in [1.82, 2.24) is 14.5 Å². The molecule has 0 N–H and O–H groups in total. The third-order valence-electron chi connectivity index (χ3n) is 9.12. The number of aromatic nitrogens is 3. The zero-order valence-electron chi connectivity index (χ0n) is 26.3. The Kier molecular flexibility index (Phi) is 6.71. The Hall–Kier alpha value is -7.11. The summed E-state index contributed by atoms with van der Waals surface area (Å²) in [5, 5.41) is 36.5. The smallest absolute Gasteiger partial charge is 0.160 e. The van der Waals surface area contributed by atoms with Gasteiger partial charge in [0.2, 0.25) is 0 Å². The van der Waals surface area contributed by atoms with Crippen molar-refractivity contribution in [3.8, 4) is 57.8 Å². The van der Waals surface area contributed by atoms with Crippen molar-refractivity contribution in [2.75, 3.05) is 0 Å². The molecular formula is C43H22N6S. The average molecular weight is 655 g/mol. The van der Waals surface area contributed by atoms with Crippen molar-refractivity contribution < 1.29 is 0 Å². The Labute approximate surface area is 290 Å². The van der Waals surface area contributed by atoms with Gasteiger partial charge in [0.1, 0.15) is 23.8 Å². The highest BCUT2D eigenvalue weighted by atomic mass is 32.1. The van der Waals surface area contributed by atoms with Crippen molar-refractivity contribution in [3.05, 3.63) is 150 Å². The molecule has 0 amide bonds. The first-order chi connectivity index (χ1) is 24.7. The molecule has 3 aromatic heterocycles.